The maximum atomic E-state index is 13.9. The molecule has 0 bridgehead atoms. The Kier molecular flexibility index (Phi) is 16.0. The molecule has 0 spiro atoms. The highest BCUT2D eigenvalue weighted by Crippen LogP contribution is 2.56. The van der Waals surface area contributed by atoms with E-state index >= 15 is 0 Å². The minimum absolute atomic E-state index is 0.177. The van der Waals surface area contributed by atoms with Crippen molar-refractivity contribution >= 4 is 15.2 Å². The predicted octanol–water partition coefficient (Wildman–Crippen LogP) is 8.70. The molecular weight excluding hydrogens is 494 g/mol. The highest BCUT2D eigenvalue weighted by atomic mass is 31.2. The second-order valence-corrected chi connectivity index (χ2v) is 15.8. The van der Waals surface area contributed by atoms with Gasteiger partial charge in [0.05, 0.1) is 38.8 Å². The maximum absolute atomic E-state index is 13.9. The third-order valence-corrected chi connectivity index (χ3v) is 9.40. The van der Waals surface area contributed by atoms with E-state index in [4.69, 9.17) is 18.1 Å². The second kappa shape index (κ2) is 17.2. The van der Waals surface area contributed by atoms with Gasteiger partial charge in [0.1, 0.15) is 0 Å². The van der Waals surface area contributed by atoms with Crippen LogP contribution in [0, 0.1) is 29.6 Å². The van der Waals surface area contributed by atoms with Gasteiger partial charge in [-0.05, 0) is 54.4 Å². The van der Waals surface area contributed by atoms with E-state index in [0.717, 1.165) is 19.3 Å². The van der Waals surface area contributed by atoms with Crippen LogP contribution in [-0.2, 0) is 33.6 Å². The maximum Gasteiger partial charge on any atom is 0.330 e. The molecule has 0 aromatic heterocycles. The van der Waals surface area contributed by atoms with Gasteiger partial charge in [0.15, 0.2) is 0 Å². The molecule has 0 N–H and O–H groups in total. The van der Waals surface area contributed by atoms with Gasteiger partial charge in [-0.3, -0.25) is 9.13 Å². The summed E-state index contributed by atoms with van der Waals surface area (Å²) in [7, 11) is -6.78. The Hall–Kier alpha value is -0.480. The van der Waals surface area contributed by atoms with Crippen molar-refractivity contribution in [3.63, 3.8) is 0 Å². The van der Waals surface area contributed by atoms with Gasteiger partial charge in [-0.15, -0.1) is 0 Å². The predicted molar refractivity (Wildman–Crippen MR) is 151 cm³/mol. The van der Waals surface area contributed by atoms with Crippen molar-refractivity contribution in [3.05, 3.63) is 35.9 Å². The number of hydrogen-bond acceptors (Lipinski definition) is 6. The van der Waals surface area contributed by atoms with Crippen molar-refractivity contribution in [2.75, 3.05) is 38.8 Å². The third-order valence-electron chi connectivity index (χ3n) is 5.30. The van der Waals surface area contributed by atoms with Crippen molar-refractivity contribution in [2.24, 2.45) is 29.6 Å². The fourth-order valence-corrected chi connectivity index (χ4v) is 8.21. The van der Waals surface area contributed by atoms with Crippen LogP contribution in [0.15, 0.2) is 30.3 Å². The van der Waals surface area contributed by atoms with E-state index in [9.17, 15) is 9.13 Å². The zero-order chi connectivity index (χ0) is 27.2. The average molecular weight is 547 g/mol. The molecular formula is C28H52O6P2. The van der Waals surface area contributed by atoms with Crippen molar-refractivity contribution in [2.45, 2.75) is 74.7 Å². The number of benzene rings is 1. The van der Waals surface area contributed by atoms with Gasteiger partial charge in [0, 0.05) is 0 Å². The van der Waals surface area contributed by atoms with E-state index in [-0.39, 0.29) is 41.9 Å². The van der Waals surface area contributed by atoms with Crippen LogP contribution in [0.25, 0.3) is 0 Å². The summed E-state index contributed by atoms with van der Waals surface area (Å²) in [6.07, 6.45) is 2.92. The summed E-state index contributed by atoms with van der Waals surface area (Å²) < 4.78 is 51.4. The van der Waals surface area contributed by atoms with E-state index in [1.54, 1.807) is 0 Å². The minimum atomic E-state index is -3.39. The molecule has 0 saturated carbocycles. The molecule has 1 aromatic rings. The second-order valence-electron chi connectivity index (χ2n) is 11.6. The quantitative estimate of drug-likeness (QED) is 0.152. The lowest BCUT2D eigenvalue weighted by atomic mass is 10.0. The Morgan fingerprint density at radius 2 is 0.972 bits per heavy atom. The molecule has 6 nitrogen and oxygen atoms in total. The first-order chi connectivity index (χ1) is 16.8. The summed E-state index contributed by atoms with van der Waals surface area (Å²) in [5.74, 6) is 0.739. The van der Waals surface area contributed by atoms with Crippen LogP contribution in [0.3, 0.4) is 0 Å². The molecule has 0 fully saturated rings. The van der Waals surface area contributed by atoms with E-state index in [1.165, 1.54) is 5.56 Å². The topological polar surface area (TPSA) is 71.1 Å². The monoisotopic (exact) mass is 546 g/mol. The fourth-order valence-electron chi connectivity index (χ4n) is 3.45. The van der Waals surface area contributed by atoms with Gasteiger partial charge in [-0.25, -0.2) is 0 Å². The molecule has 8 heteroatoms. The van der Waals surface area contributed by atoms with Gasteiger partial charge < -0.3 is 18.1 Å². The van der Waals surface area contributed by atoms with Gasteiger partial charge in [-0.1, -0.05) is 85.7 Å². The van der Waals surface area contributed by atoms with Gasteiger partial charge in [-0.2, -0.15) is 0 Å². The highest BCUT2D eigenvalue weighted by Gasteiger charge is 2.36. The fraction of sp³-hybridized carbons (Fsp3) is 0.786. The van der Waals surface area contributed by atoms with Crippen LogP contribution in [0.1, 0.15) is 73.8 Å². The highest BCUT2D eigenvalue weighted by molar-refractivity contribution is 7.55. The molecule has 0 aliphatic heterocycles. The SMILES string of the molecule is CC(C)COP(=O)(CC(CCCc1ccccc1)CP(=O)(OCC(C)C)OCC(C)C)OCC(C)C. The van der Waals surface area contributed by atoms with Crippen molar-refractivity contribution in [3.8, 4) is 0 Å². The Labute approximate surface area is 221 Å². The molecule has 0 unspecified atom stereocenters. The number of aryl methyl sites for hydroxylation is 1. The summed E-state index contributed by atoms with van der Waals surface area (Å²) in [4.78, 5) is 0. The minimum Gasteiger partial charge on any atom is -0.308 e. The summed E-state index contributed by atoms with van der Waals surface area (Å²) in [6.45, 7) is 17.6. The average Bonchev–Trinajstić information content (AvgIpc) is 2.80. The molecule has 210 valence electrons. The molecule has 1 aromatic carbocycles. The lowest BCUT2D eigenvalue weighted by Gasteiger charge is -2.28. The first kappa shape index (κ1) is 33.5. The molecule has 1 rings (SSSR count). The lowest BCUT2D eigenvalue weighted by Crippen LogP contribution is -2.20. The summed E-state index contributed by atoms with van der Waals surface area (Å²) >= 11 is 0. The Morgan fingerprint density at radius 3 is 1.31 bits per heavy atom. The molecule has 0 atom stereocenters. The van der Waals surface area contributed by atoms with E-state index in [0.29, 0.717) is 26.4 Å². The molecule has 0 saturated heterocycles. The zero-order valence-electron chi connectivity index (χ0n) is 24.0. The van der Waals surface area contributed by atoms with Crippen LogP contribution in [0.4, 0.5) is 0 Å². The van der Waals surface area contributed by atoms with E-state index < -0.39 is 15.2 Å². The smallest absolute Gasteiger partial charge is 0.308 e. The molecule has 36 heavy (non-hydrogen) atoms. The summed E-state index contributed by atoms with van der Waals surface area (Å²) in [5.41, 5.74) is 1.25. The number of rotatable bonds is 20. The number of hydrogen-bond donors (Lipinski definition) is 0. The summed E-state index contributed by atoms with van der Waals surface area (Å²) in [6, 6.07) is 10.3. The Bertz CT molecular complexity index is 718. The van der Waals surface area contributed by atoms with Crippen molar-refractivity contribution in [1.82, 2.24) is 0 Å². The zero-order valence-corrected chi connectivity index (χ0v) is 25.8. The van der Waals surface area contributed by atoms with Gasteiger partial charge >= 0.3 is 15.2 Å². The standard InChI is InChI=1S/C28H52O6P2/c1-23(2)17-31-35(29,32-18-24(3)4)21-28(16-12-15-27-13-10-9-11-14-27)22-36(30,33-19-25(5)6)34-20-26(7)8/h9-11,13-14,23-26,28H,12,15-22H2,1-8H3. The van der Waals surface area contributed by atoms with Crippen LogP contribution in [-0.4, -0.2) is 38.8 Å². The first-order valence-corrected chi connectivity index (χ1v) is 17.1. The normalized spacial score (nSPS) is 13.1. The largest absolute Gasteiger partial charge is 0.330 e. The summed E-state index contributed by atoms with van der Waals surface area (Å²) in [5, 5.41) is 0. The molecule has 0 aliphatic rings. The lowest BCUT2D eigenvalue weighted by molar-refractivity contribution is 0.164. The Balaban J connectivity index is 3.11. The van der Waals surface area contributed by atoms with Crippen molar-refractivity contribution < 1.29 is 27.2 Å². The van der Waals surface area contributed by atoms with Crippen LogP contribution >= 0.6 is 15.2 Å². The van der Waals surface area contributed by atoms with Crippen molar-refractivity contribution in [1.29, 1.82) is 0 Å². The molecule has 0 radical (unpaired) electrons. The van der Waals surface area contributed by atoms with Crippen LogP contribution in [0.5, 0.6) is 0 Å². The van der Waals surface area contributed by atoms with Gasteiger partial charge in [0.2, 0.25) is 0 Å². The van der Waals surface area contributed by atoms with E-state index in [2.05, 4.69) is 12.1 Å². The molecule has 0 aliphatic carbocycles. The van der Waals surface area contributed by atoms with E-state index in [1.807, 2.05) is 73.6 Å². The Morgan fingerprint density at radius 1 is 0.611 bits per heavy atom. The van der Waals surface area contributed by atoms with Crippen LogP contribution in [0.2, 0.25) is 0 Å². The molecule has 0 amide bonds. The third kappa shape index (κ3) is 15.7. The molecule has 0 heterocycles. The van der Waals surface area contributed by atoms with Gasteiger partial charge in [0.25, 0.3) is 0 Å². The first-order valence-electron chi connectivity index (χ1n) is 13.6. The van der Waals surface area contributed by atoms with Crippen LogP contribution < -0.4 is 0 Å².